The molecule has 0 radical (unpaired) electrons. The summed E-state index contributed by atoms with van der Waals surface area (Å²) in [5.41, 5.74) is 2.13. The summed E-state index contributed by atoms with van der Waals surface area (Å²) < 4.78 is 46.9. The summed E-state index contributed by atoms with van der Waals surface area (Å²) in [5.74, 6) is 0.0933. The van der Waals surface area contributed by atoms with Gasteiger partial charge in [-0.15, -0.1) is 13.2 Å². The van der Waals surface area contributed by atoms with Crippen LogP contribution < -0.4 is 9.47 Å². The number of benzene rings is 3. The first-order chi connectivity index (χ1) is 12.9. The fourth-order valence-electron chi connectivity index (χ4n) is 2.52. The molecule has 3 aromatic carbocycles. The van der Waals surface area contributed by atoms with Crippen molar-refractivity contribution < 1.29 is 22.6 Å². The summed E-state index contributed by atoms with van der Waals surface area (Å²) in [4.78, 5) is 0. The summed E-state index contributed by atoms with van der Waals surface area (Å²) in [5, 5.41) is 9.13. The van der Waals surface area contributed by atoms with E-state index in [1.165, 1.54) is 12.1 Å². The summed E-state index contributed by atoms with van der Waals surface area (Å²) in [6, 6.07) is 22.5. The first-order valence-electron chi connectivity index (χ1n) is 8.02. The minimum Gasteiger partial charge on any atom is -0.489 e. The molecule has 0 N–H and O–H groups in total. The predicted octanol–water partition coefficient (Wildman–Crippen LogP) is 5.70. The molecule has 0 amide bonds. The van der Waals surface area contributed by atoms with Crippen molar-refractivity contribution in [2.24, 2.45) is 0 Å². The molecule has 136 valence electrons. The van der Waals surface area contributed by atoms with Gasteiger partial charge in [-0.2, -0.15) is 5.26 Å². The second-order valence-corrected chi connectivity index (χ2v) is 5.67. The van der Waals surface area contributed by atoms with E-state index in [-0.39, 0.29) is 5.56 Å². The standard InChI is InChI=1S/C21H14F3NO2/c22-21(23,24)27-20-10-9-17(11-18(20)13-25)16-7-4-8-19(12-16)26-14-15-5-2-1-3-6-15/h1-12H,14H2. The van der Waals surface area contributed by atoms with Gasteiger partial charge in [0.25, 0.3) is 0 Å². The molecular weight excluding hydrogens is 355 g/mol. The lowest BCUT2D eigenvalue weighted by molar-refractivity contribution is -0.274. The van der Waals surface area contributed by atoms with Crippen molar-refractivity contribution >= 4 is 0 Å². The first-order valence-corrected chi connectivity index (χ1v) is 8.02. The van der Waals surface area contributed by atoms with Crippen LogP contribution in [0.15, 0.2) is 72.8 Å². The van der Waals surface area contributed by atoms with E-state index < -0.39 is 12.1 Å². The zero-order valence-electron chi connectivity index (χ0n) is 14.0. The van der Waals surface area contributed by atoms with E-state index in [0.717, 1.165) is 17.2 Å². The molecule has 0 aromatic heterocycles. The molecule has 0 saturated heterocycles. The van der Waals surface area contributed by atoms with E-state index in [0.29, 0.717) is 17.9 Å². The largest absolute Gasteiger partial charge is 0.573 e. The van der Waals surface area contributed by atoms with Gasteiger partial charge in [-0.1, -0.05) is 48.5 Å². The van der Waals surface area contributed by atoms with Crippen molar-refractivity contribution in [1.82, 2.24) is 0 Å². The van der Waals surface area contributed by atoms with Gasteiger partial charge in [-0.25, -0.2) is 0 Å². The van der Waals surface area contributed by atoms with E-state index >= 15 is 0 Å². The van der Waals surface area contributed by atoms with Crippen molar-refractivity contribution in [3.63, 3.8) is 0 Å². The Morgan fingerprint density at radius 2 is 1.59 bits per heavy atom. The summed E-state index contributed by atoms with van der Waals surface area (Å²) >= 11 is 0. The highest BCUT2D eigenvalue weighted by Gasteiger charge is 2.32. The van der Waals surface area contributed by atoms with Crippen LogP contribution in [0.5, 0.6) is 11.5 Å². The van der Waals surface area contributed by atoms with Crippen molar-refractivity contribution in [2.45, 2.75) is 13.0 Å². The normalized spacial score (nSPS) is 10.9. The Bertz CT molecular complexity index is 963. The Labute approximate surface area is 154 Å². The topological polar surface area (TPSA) is 42.2 Å². The van der Waals surface area contributed by atoms with Crippen LogP contribution in [0, 0.1) is 11.3 Å². The van der Waals surface area contributed by atoms with E-state index in [4.69, 9.17) is 10.00 Å². The van der Waals surface area contributed by atoms with Gasteiger partial charge < -0.3 is 9.47 Å². The van der Waals surface area contributed by atoms with Gasteiger partial charge in [-0.05, 0) is 41.0 Å². The zero-order chi connectivity index (χ0) is 19.3. The summed E-state index contributed by atoms with van der Waals surface area (Å²) in [6.45, 7) is 0.395. The van der Waals surface area contributed by atoms with Crippen LogP contribution >= 0.6 is 0 Å². The van der Waals surface area contributed by atoms with Crippen LogP contribution in [-0.4, -0.2) is 6.36 Å². The Morgan fingerprint density at radius 3 is 2.30 bits per heavy atom. The highest BCUT2D eigenvalue weighted by molar-refractivity contribution is 5.68. The Morgan fingerprint density at radius 1 is 0.852 bits per heavy atom. The zero-order valence-corrected chi connectivity index (χ0v) is 14.0. The van der Waals surface area contributed by atoms with Crippen LogP contribution in [0.2, 0.25) is 0 Å². The first kappa shape index (κ1) is 18.3. The lowest BCUT2D eigenvalue weighted by Gasteiger charge is -2.12. The van der Waals surface area contributed by atoms with E-state index in [1.54, 1.807) is 30.3 Å². The molecule has 0 atom stereocenters. The maximum absolute atomic E-state index is 12.4. The third-order valence-corrected chi connectivity index (χ3v) is 3.74. The summed E-state index contributed by atoms with van der Waals surface area (Å²) in [6.07, 6.45) is -4.85. The molecule has 6 heteroatoms. The van der Waals surface area contributed by atoms with Gasteiger partial charge in [0, 0.05) is 0 Å². The molecule has 0 spiro atoms. The number of ether oxygens (including phenoxy) is 2. The summed E-state index contributed by atoms with van der Waals surface area (Å²) in [7, 11) is 0. The molecule has 3 nitrogen and oxygen atoms in total. The predicted molar refractivity (Wildman–Crippen MR) is 94.1 cm³/mol. The maximum atomic E-state index is 12.4. The molecular formula is C21H14F3NO2. The average Bonchev–Trinajstić information content (AvgIpc) is 2.66. The SMILES string of the molecule is N#Cc1cc(-c2cccc(OCc3ccccc3)c2)ccc1OC(F)(F)F. The van der Waals surface area contributed by atoms with Crippen LogP contribution in [0.1, 0.15) is 11.1 Å². The number of nitriles is 1. The molecule has 0 aliphatic heterocycles. The number of halogens is 3. The molecule has 3 aromatic rings. The van der Waals surface area contributed by atoms with Crippen molar-refractivity contribution in [3.05, 3.63) is 83.9 Å². The number of alkyl halides is 3. The lowest BCUT2D eigenvalue weighted by atomic mass is 10.0. The molecule has 3 rings (SSSR count). The smallest absolute Gasteiger partial charge is 0.489 e. The molecule has 0 aliphatic carbocycles. The molecule has 0 bridgehead atoms. The van der Waals surface area contributed by atoms with Crippen LogP contribution in [0.25, 0.3) is 11.1 Å². The molecule has 27 heavy (non-hydrogen) atoms. The van der Waals surface area contributed by atoms with E-state index in [9.17, 15) is 13.2 Å². The van der Waals surface area contributed by atoms with Gasteiger partial charge in [-0.3, -0.25) is 0 Å². The number of nitrogens with zero attached hydrogens (tertiary/aromatic N) is 1. The van der Waals surface area contributed by atoms with Gasteiger partial charge in [0.1, 0.15) is 24.2 Å². The Kier molecular flexibility index (Phi) is 5.32. The third-order valence-electron chi connectivity index (χ3n) is 3.74. The van der Waals surface area contributed by atoms with Gasteiger partial charge >= 0.3 is 6.36 Å². The van der Waals surface area contributed by atoms with Gasteiger partial charge in [0.05, 0.1) is 5.56 Å². The second kappa shape index (κ2) is 7.83. The average molecular weight is 369 g/mol. The minimum absolute atomic E-state index is 0.194. The molecule has 0 unspecified atom stereocenters. The fourth-order valence-corrected chi connectivity index (χ4v) is 2.52. The molecule has 0 aliphatic rings. The second-order valence-electron chi connectivity index (χ2n) is 5.67. The Hall–Kier alpha value is -3.46. The quantitative estimate of drug-likeness (QED) is 0.579. The third kappa shape index (κ3) is 5.02. The number of hydrogen-bond acceptors (Lipinski definition) is 3. The minimum atomic E-state index is -4.85. The van der Waals surface area contributed by atoms with Gasteiger partial charge in [0.15, 0.2) is 0 Å². The lowest BCUT2D eigenvalue weighted by Crippen LogP contribution is -2.17. The van der Waals surface area contributed by atoms with E-state index in [1.807, 2.05) is 30.3 Å². The van der Waals surface area contributed by atoms with Crippen molar-refractivity contribution in [2.75, 3.05) is 0 Å². The molecule has 0 heterocycles. The molecule has 0 saturated carbocycles. The van der Waals surface area contributed by atoms with E-state index in [2.05, 4.69) is 4.74 Å². The van der Waals surface area contributed by atoms with Crippen LogP contribution in [0.4, 0.5) is 13.2 Å². The monoisotopic (exact) mass is 369 g/mol. The maximum Gasteiger partial charge on any atom is 0.573 e. The number of hydrogen-bond donors (Lipinski definition) is 0. The number of rotatable bonds is 5. The molecule has 0 fully saturated rings. The Balaban J connectivity index is 1.81. The fraction of sp³-hybridized carbons (Fsp3) is 0.0952. The van der Waals surface area contributed by atoms with Crippen molar-refractivity contribution in [1.29, 1.82) is 5.26 Å². The highest BCUT2D eigenvalue weighted by atomic mass is 19.4. The van der Waals surface area contributed by atoms with Crippen LogP contribution in [-0.2, 0) is 6.61 Å². The van der Waals surface area contributed by atoms with Gasteiger partial charge in [0.2, 0.25) is 0 Å². The highest BCUT2D eigenvalue weighted by Crippen LogP contribution is 2.31. The van der Waals surface area contributed by atoms with Crippen molar-refractivity contribution in [3.8, 4) is 28.7 Å². The van der Waals surface area contributed by atoms with Crippen LogP contribution in [0.3, 0.4) is 0 Å².